The summed E-state index contributed by atoms with van der Waals surface area (Å²) >= 11 is 1.71. The molecule has 0 saturated heterocycles. The minimum Gasteiger partial charge on any atom is -0.492 e. The van der Waals surface area contributed by atoms with E-state index in [1.807, 2.05) is 0 Å². The predicted molar refractivity (Wildman–Crippen MR) is 85.9 cm³/mol. The Bertz CT molecular complexity index is 634. The third-order valence-corrected chi connectivity index (χ3v) is 4.83. The Morgan fingerprint density at radius 2 is 1.90 bits per heavy atom. The Kier molecular flexibility index (Phi) is 5.78. The van der Waals surface area contributed by atoms with E-state index in [0.717, 1.165) is 19.5 Å². The zero-order valence-electron chi connectivity index (χ0n) is 11.9. The summed E-state index contributed by atoms with van der Waals surface area (Å²) in [5.74, 6) is 0.682. The predicted octanol–water partition coefficient (Wildman–Crippen LogP) is 2.36. The van der Waals surface area contributed by atoms with Crippen LogP contribution in [0.3, 0.4) is 0 Å². The fourth-order valence-corrected chi connectivity index (χ4v) is 3.15. The van der Waals surface area contributed by atoms with Crippen molar-refractivity contribution in [1.82, 2.24) is 5.32 Å². The van der Waals surface area contributed by atoms with Crippen molar-refractivity contribution in [3.8, 4) is 5.75 Å². The maximum atomic E-state index is 11.3. The highest BCUT2D eigenvalue weighted by molar-refractivity contribution is 7.90. The third kappa shape index (κ3) is 5.49. The number of hydrogen-bond acceptors (Lipinski definition) is 5. The summed E-state index contributed by atoms with van der Waals surface area (Å²) in [6.07, 6.45) is 2.22. The minimum absolute atomic E-state index is 0.309. The van der Waals surface area contributed by atoms with Gasteiger partial charge in [-0.05, 0) is 59.6 Å². The van der Waals surface area contributed by atoms with E-state index in [1.54, 1.807) is 35.6 Å². The number of nitrogens with one attached hydrogen (secondary N) is 1. The van der Waals surface area contributed by atoms with Crippen LogP contribution in [-0.2, 0) is 16.3 Å². The van der Waals surface area contributed by atoms with Gasteiger partial charge in [0.15, 0.2) is 9.84 Å². The highest BCUT2D eigenvalue weighted by Crippen LogP contribution is 2.15. The lowest BCUT2D eigenvalue weighted by Gasteiger charge is -2.08. The zero-order chi connectivity index (χ0) is 15.1. The van der Waals surface area contributed by atoms with E-state index < -0.39 is 9.84 Å². The molecule has 1 aromatic carbocycles. The van der Waals surface area contributed by atoms with E-state index in [0.29, 0.717) is 17.3 Å². The van der Waals surface area contributed by atoms with E-state index in [9.17, 15) is 8.42 Å². The number of ether oxygens (including phenoxy) is 1. The molecule has 0 bridgehead atoms. The molecule has 0 aliphatic heterocycles. The van der Waals surface area contributed by atoms with Gasteiger partial charge in [-0.25, -0.2) is 8.42 Å². The van der Waals surface area contributed by atoms with Crippen molar-refractivity contribution >= 4 is 21.2 Å². The van der Waals surface area contributed by atoms with E-state index in [2.05, 4.69) is 22.1 Å². The largest absolute Gasteiger partial charge is 0.492 e. The first-order chi connectivity index (χ1) is 10.1. The molecule has 1 aromatic heterocycles. The second kappa shape index (κ2) is 7.59. The average molecular weight is 325 g/mol. The summed E-state index contributed by atoms with van der Waals surface area (Å²) in [7, 11) is -3.14. The minimum atomic E-state index is -3.14. The number of rotatable bonds is 8. The monoisotopic (exact) mass is 325 g/mol. The molecule has 0 amide bonds. The quantitative estimate of drug-likeness (QED) is 0.757. The van der Waals surface area contributed by atoms with Crippen LogP contribution in [0.5, 0.6) is 5.75 Å². The van der Waals surface area contributed by atoms with Crippen molar-refractivity contribution in [1.29, 1.82) is 0 Å². The average Bonchev–Trinajstić information content (AvgIpc) is 2.95. The summed E-state index contributed by atoms with van der Waals surface area (Å²) in [6, 6.07) is 8.62. The second-order valence-corrected chi connectivity index (χ2v) is 7.52. The Balaban J connectivity index is 1.64. The van der Waals surface area contributed by atoms with Crippen LogP contribution in [0.4, 0.5) is 0 Å². The highest BCUT2D eigenvalue weighted by Gasteiger charge is 2.06. The first-order valence-corrected chi connectivity index (χ1v) is 9.54. The first-order valence-electron chi connectivity index (χ1n) is 6.70. The fourth-order valence-electron chi connectivity index (χ4n) is 1.82. The van der Waals surface area contributed by atoms with Crippen LogP contribution in [0.25, 0.3) is 0 Å². The molecule has 2 aromatic rings. The van der Waals surface area contributed by atoms with Crippen LogP contribution in [0.1, 0.15) is 5.56 Å². The number of benzene rings is 1. The lowest BCUT2D eigenvalue weighted by atomic mass is 10.2. The van der Waals surface area contributed by atoms with Crippen molar-refractivity contribution in [2.75, 3.05) is 26.0 Å². The van der Waals surface area contributed by atoms with Gasteiger partial charge in [0, 0.05) is 12.8 Å². The Morgan fingerprint density at radius 3 is 2.52 bits per heavy atom. The molecule has 21 heavy (non-hydrogen) atoms. The lowest BCUT2D eigenvalue weighted by molar-refractivity contribution is 0.314. The van der Waals surface area contributed by atoms with Crippen LogP contribution in [-0.4, -0.2) is 34.4 Å². The van der Waals surface area contributed by atoms with Gasteiger partial charge in [-0.2, -0.15) is 11.3 Å². The molecule has 0 spiro atoms. The molecule has 0 radical (unpaired) electrons. The van der Waals surface area contributed by atoms with Gasteiger partial charge >= 0.3 is 0 Å². The summed E-state index contributed by atoms with van der Waals surface area (Å²) in [4.78, 5) is 0.309. The van der Waals surface area contributed by atoms with E-state index in [4.69, 9.17) is 4.74 Å². The smallest absolute Gasteiger partial charge is 0.175 e. The standard InChI is InChI=1S/C15H19NO3S2/c1-21(17,18)15-4-2-14(3-5-15)19-10-9-16-8-6-13-7-11-20-12-13/h2-5,7,11-12,16H,6,8-10H2,1H3. The molecule has 4 nitrogen and oxygen atoms in total. The SMILES string of the molecule is CS(=O)(=O)c1ccc(OCCNCCc2ccsc2)cc1. The van der Waals surface area contributed by atoms with E-state index in [1.165, 1.54) is 11.8 Å². The fraction of sp³-hybridized carbons (Fsp3) is 0.333. The van der Waals surface area contributed by atoms with Crippen LogP contribution < -0.4 is 10.1 Å². The van der Waals surface area contributed by atoms with Gasteiger partial charge < -0.3 is 10.1 Å². The molecule has 0 fully saturated rings. The molecule has 1 N–H and O–H groups in total. The molecule has 0 aliphatic carbocycles. The maximum absolute atomic E-state index is 11.3. The van der Waals surface area contributed by atoms with Gasteiger partial charge in [0.25, 0.3) is 0 Å². The molecular weight excluding hydrogens is 306 g/mol. The summed E-state index contributed by atoms with van der Waals surface area (Å²) < 4.78 is 28.2. The number of sulfone groups is 1. The zero-order valence-corrected chi connectivity index (χ0v) is 13.5. The topological polar surface area (TPSA) is 55.4 Å². The van der Waals surface area contributed by atoms with Crippen LogP contribution in [0.15, 0.2) is 46.0 Å². The van der Waals surface area contributed by atoms with E-state index in [-0.39, 0.29) is 0 Å². The lowest BCUT2D eigenvalue weighted by Crippen LogP contribution is -2.23. The normalized spacial score (nSPS) is 11.5. The molecule has 114 valence electrons. The first kappa shape index (κ1) is 16.0. The van der Waals surface area contributed by atoms with Gasteiger partial charge in [-0.1, -0.05) is 0 Å². The van der Waals surface area contributed by atoms with Gasteiger partial charge in [0.1, 0.15) is 12.4 Å². The summed E-state index contributed by atoms with van der Waals surface area (Å²) in [5.41, 5.74) is 1.35. The number of hydrogen-bond donors (Lipinski definition) is 1. The van der Waals surface area contributed by atoms with Crippen LogP contribution in [0.2, 0.25) is 0 Å². The maximum Gasteiger partial charge on any atom is 0.175 e. The van der Waals surface area contributed by atoms with Gasteiger partial charge in [0.2, 0.25) is 0 Å². The molecule has 2 rings (SSSR count). The van der Waals surface area contributed by atoms with Gasteiger partial charge in [-0.3, -0.25) is 0 Å². The van der Waals surface area contributed by atoms with Crippen molar-refractivity contribution in [3.05, 3.63) is 46.7 Å². The third-order valence-electron chi connectivity index (χ3n) is 2.97. The van der Waals surface area contributed by atoms with Crippen LogP contribution in [0, 0.1) is 0 Å². The van der Waals surface area contributed by atoms with Crippen LogP contribution >= 0.6 is 11.3 Å². The molecule has 0 saturated carbocycles. The number of thiophene rings is 1. The van der Waals surface area contributed by atoms with Crippen molar-refractivity contribution < 1.29 is 13.2 Å². The molecule has 6 heteroatoms. The Labute approximate surface area is 129 Å². The van der Waals surface area contributed by atoms with Gasteiger partial charge in [0.05, 0.1) is 4.90 Å². The second-order valence-electron chi connectivity index (χ2n) is 4.72. The van der Waals surface area contributed by atoms with Crippen molar-refractivity contribution in [2.45, 2.75) is 11.3 Å². The van der Waals surface area contributed by atoms with Gasteiger partial charge in [-0.15, -0.1) is 0 Å². The summed E-state index contributed by atoms with van der Waals surface area (Å²) in [6.45, 7) is 2.24. The van der Waals surface area contributed by atoms with Crippen molar-refractivity contribution in [2.24, 2.45) is 0 Å². The highest BCUT2D eigenvalue weighted by atomic mass is 32.2. The Morgan fingerprint density at radius 1 is 1.14 bits per heavy atom. The molecule has 0 unspecified atom stereocenters. The molecular formula is C15H19NO3S2. The molecule has 0 atom stereocenters. The van der Waals surface area contributed by atoms with E-state index >= 15 is 0 Å². The Hall–Kier alpha value is -1.37. The van der Waals surface area contributed by atoms with Crippen molar-refractivity contribution in [3.63, 3.8) is 0 Å². The summed E-state index contributed by atoms with van der Waals surface area (Å²) in [5, 5.41) is 7.55. The molecule has 0 aliphatic rings. The molecule has 1 heterocycles.